The third-order valence-electron chi connectivity index (χ3n) is 3.61. The minimum atomic E-state index is -0.232. The van der Waals surface area contributed by atoms with Crippen molar-refractivity contribution < 1.29 is 9.52 Å². The first-order valence-corrected chi connectivity index (χ1v) is 6.25. The zero-order valence-corrected chi connectivity index (χ0v) is 9.63. The summed E-state index contributed by atoms with van der Waals surface area (Å²) in [6.45, 7) is 0. The first-order valence-electron chi connectivity index (χ1n) is 6.25. The minimum absolute atomic E-state index is 0.193. The molecule has 2 aliphatic rings. The van der Waals surface area contributed by atoms with Crippen molar-refractivity contribution in [2.75, 3.05) is 0 Å². The monoisotopic (exact) mass is 232 g/mol. The summed E-state index contributed by atoms with van der Waals surface area (Å²) < 4.78 is 0.631. The molecule has 1 amide bonds. The molecule has 1 aromatic rings. The van der Waals surface area contributed by atoms with E-state index in [1.807, 2.05) is 0 Å². The molecule has 1 aromatic heterocycles. The SMILES string of the molecule is O=C(NC(C1CC1)C1CC1)c1cccc[n+]1[O-]. The second kappa shape index (κ2) is 4.02. The number of hydrogen-bond donors (Lipinski definition) is 1. The average Bonchev–Trinajstić information content (AvgIpc) is 3.16. The minimum Gasteiger partial charge on any atom is -0.618 e. The Morgan fingerprint density at radius 1 is 1.29 bits per heavy atom. The van der Waals surface area contributed by atoms with Gasteiger partial charge in [0.1, 0.15) is 0 Å². The molecule has 0 bridgehead atoms. The average molecular weight is 232 g/mol. The van der Waals surface area contributed by atoms with Gasteiger partial charge in [-0.05, 0) is 43.6 Å². The summed E-state index contributed by atoms with van der Waals surface area (Å²) in [7, 11) is 0. The molecule has 2 aliphatic carbocycles. The molecule has 0 unspecified atom stereocenters. The molecule has 0 radical (unpaired) electrons. The molecular weight excluding hydrogens is 216 g/mol. The van der Waals surface area contributed by atoms with Crippen LogP contribution in [0.25, 0.3) is 0 Å². The van der Waals surface area contributed by atoms with E-state index in [9.17, 15) is 10.0 Å². The maximum absolute atomic E-state index is 12.0. The van der Waals surface area contributed by atoms with Crippen LogP contribution in [0.1, 0.15) is 36.2 Å². The largest absolute Gasteiger partial charge is 0.618 e. The van der Waals surface area contributed by atoms with E-state index in [1.165, 1.54) is 31.9 Å². The van der Waals surface area contributed by atoms with Crippen LogP contribution in [0, 0.1) is 17.0 Å². The first-order chi connectivity index (χ1) is 8.25. The Bertz CT molecular complexity index is 427. The Labute approximate surface area is 100 Å². The van der Waals surface area contributed by atoms with Crippen LogP contribution >= 0.6 is 0 Å². The van der Waals surface area contributed by atoms with Crippen LogP contribution in [-0.2, 0) is 0 Å². The highest BCUT2D eigenvalue weighted by atomic mass is 16.5. The van der Waals surface area contributed by atoms with Gasteiger partial charge < -0.3 is 10.5 Å². The quantitative estimate of drug-likeness (QED) is 0.627. The number of nitrogens with zero attached hydrogens (tertiary/aromatic N) is 1. The van der Waals surface area contributed by atoms with Gasteiger partial charge in [0.05, 0.1) is 0 Å². The molecule has 0 atom stereocenters. The van der Waals surface area contributed by atoms with Crippen LogP contribution in [0.4, 0.5) is 0 Å². The van der Waals surface area contributed by atoms with Crippen LogP contribution in [0.5, 0.6) is 0 Å². The second-order valence-corrected chi connectivity index (χ2v) is 5.09. The van der Waals surface area contributed by atoms with Gasteiger partial charge in [-0.25, -0.2) is 0 Å². The Morgan fingerprint density at radius 3 is 2.47 bits per heavy atom. The Hall–Kier alpha value is -1.58. The standard InChI is InChI=1S/C13H16N2O2/c16-13(11-3-1-2-8-15(11)17)14-12(9-4-5-9)10-6-7-10/h1-3,8-10,12H,4-7H2,(H,14,16). The summed E-state index contributed by atoms with van der Waals surface area (Å²) in [5.41, 5.74) is 0.193. The summed E-state index contributed by atoms with van der Waals surface area (Å²) in [6.07, 6.45) is 6.22. The van der Waals surface area contributed by atoms with Gasteiger partial charge in [-0.2, -0.15) is 4.73 Å². The maximum Gasteiger partial charge on any atom is 0.317 e. The van der Waals surface area contributed by atoms with Crippen molar-refractivity contribution in [1.29, 1.82) is 0 Å². The van der Waals surface area contributed by atoms with Crippen molar-refractivity contribution in [2.45, 2.75) is 31.7 Å². The van der Waals surface area contributed by atoms with Gasteiger partial charge in [-0.15, -0.1) is 0 Å². The zero-order valence-electron chi connectivity index (χ0n) is 9.63. The summed E-state index contributed by atoms with van der Waals surface area (Å²) in [4.78, 5) is 12.0. The van der Waals surface area contributed by atoms with Crippen molar-refractivity contribution in [2.24, 2.45) is 11.8 Å². The molecule has 1 N–H and O–H groups in total. The maximum atomic E-state index is 12.0. The molecule has 2 fully saturated rings. The molecule has 0 aliphatic heterocycles. The van der Waals surface area contributed by atoms with E-state index in [1.54, 1.807) is 18.2 Å². The smallest absolute Gasteiger partial charge is 0.317 e. The van der Waals surface area contributed by atoms with Crippen molar-refractivity contribution in [3.8, 4) is 0 Å². The number of carbonyl (C=O) groups excluding carboxylic acids is 1. The van der Waals surface area contributed by atoms with E-state index in [-0.39, 0.29) is 11.6 Å². The number of rotatable bonds is 4. The number of amides is 1. The van der Waals surface area contributed by atoms with Gasteiger partial charge in [0.2, 0.25) is 0 Å². The molecule has 17 heavy (non-hydrogen) atoms. The van der Waals surface area contributed by atoms with Crippen LogP contribution in [0.15, 0.2) is 24.4 Å². The van der Waals surface area contributed by atoms with E-state index >= 15 is 0 Å². The van der Waals surface area contributed by atoms with Crippen molar-refractivity contribution >= 4 is 5.91 Å². The molecule has 3 rings (SSSR count). The van der Waals surface area contributed by atoms with E-state index in [0.717, 1.165) is 0 Å². The Kier molecular flexibility index (Phi) is 2.50. The van der Waals surface area contributed by atoms with Gasteiger partial charge in [0.15, 0.2) is 6.20 Å². The number of hydrogen-bond acceptors (Lipinski definition) is 2. The van der Waals surface area contributed by atoms with E-state index in [0.29, 0.717) is 22.6 Å². The van der Waals surface area contributed by atoms with Crippen molar-refractivity contribution in [1.82, 2.24) is 5.32 Å². The van der Waals surface area contributed by atoms with Crippen molar-refractivity contribution in [3.63, 3.8) is 0 Å². The molecular formula is C13H16N2O2. The fraction of sp³-hybridized carbons (Fsp3) is 0.538. The van der Waals surface area contributed by atoms with E-state index in [4.69, 9.17) is 0 Å². The molecule has 4 nitrogen and oxygen atoms in total. The lowest BCUT2D eigenvalue weighted by atomic mass is 10.1. The van der Waals surface area contributed by atoms with Crippen molar-refractivity contribution in [3.05, 3.63) is 35.3 Å². The lowest BCUT2D eigenvalue weighted by Gasteiger charge is -2.16. The first kappa shape index (κ1) is 10.6. The highest BCUT2D eigenvalue weighted by Gasteiger charge is 2.42. The van der Waals surface area contributed by atoms with Gasteiger partial charge >= 0.3 is 5.91 Å². The predicted molar refractivity (Wildman–Crippen MR) is 62.1 cm³/mol. The van der Waals surface area contributed by atoms with Crippen LogP contribution < -0.4 is 10.0 Å². The third-order valence-corrected chi connectivity index (χ3v) is 3.61. The topological polar surface area (TPSA) is 56.0 Å². The molecule has 0 spiro atoms. The summed E-state index contributed by atoms with van der Waals surface area (Å²) in [5, 5.41) is 14.5. The molecule has 1 heterocycles. The summed E-state index contributed by atoms with van der Waals surface area (Å²) in [6, 6.07) is 5.21. The lowest BCUT2D eigenvalue weighted by Crippen LogP contribution is -2.44. The van der Waals surface area contributed by atoms with Crippen LogP contribution in [-0.4, -0.2) is 11.9 Å². The van der Waals surface area contributed by atoms with Gasteiger partial charge in [-0.1, -0.05) is 0 Å². The Balaban J connectivity index is 1.71. The van der Waals surface area contributed by atoms with Gasteiger partial charge in [-0.3, -0.25) is 4.79 Å². The molecule has 2 saturated carbocycles. The van der Waals surface area contributed by atoms with Gasteiger partial charge in [0, 0.05) is 18.2 Å². The molecule has 0 saturated heterocycles. The number of aromatic nitrogens is 1. The lowest BCUT2D eigenvalue weighted by molar-refractivity contribution is -0.607. The van der Waals surface area contributed by atoms with E-state index < -0.39 is 0 Å². The normalized spacial score (nSPS) is 19.4. The molecule has 0 aromatic carbocycles. The fourth-order valence-corrected chi connectivity index (χ4v) is 2.36. The number of nitrogens with one attached hydrogen (secondary N) is 1. The van der Waals surface area contributed by atoms with Crippen LogP contribution in [0.3, 0.4) is 0 Å². The highest BCUT2D eigenvalue weighted by molar-refractivity contribution is 5.91. The van der Waals surface area contributed by atoms with Crippen LogP contribution in [0.2, 0.25) is 0 Å². The number of carbonyl (C=O) groups is 1. The van der Waals surface area contributed by atoms with E-state index in [2.05, 4.69) is 5.32 Å². The molecule has 4 heteroatoms. The predicted octanol–water partition coefficient (Wildman–Crippen LogP) is 1.24. The summed E-state index contributed by atoms with van der Waals surface area (Å²) in [5.74, 6) is 1.06. The Morgan fingerprint density at radius 2 is 1.94 bits per heavy atom. The number of pyridine rings is 1. The zero-order chi connectivity index (χ0) is 11.8. The summed E-state index contributed by atoms with van der Waals surface area (Å²) >= 11 is 0. The third kappa shape index (κ3) is 2.25. The molecule has 90 valence electrons. The fourth-order valence-electron chi connectivity index (χ4n) is 2.36. The second-order valence-electron chi connectivity index (χ2n) is 5.09. The van der Waals surface area contributed by atoms with Gasteiger partial charge in [0.25, 0.3) is 5.69 Å². The highest BCUT2D eigenvalue weighted by Crippen LogP contribution is 2.44.